The first-order chi connectivity index (χ1) is 6.50. The van der Waals surface area contributed by atoms with Crippen LogP contribution in [0.4, 0.5) is 10.1 Å². The van der Waals surface area contributed by atoms with E-state index in [2.05, 4.69) is 0 Å². The Kier molecular flexibility index (Phi) is 3.14. The van der Waals surface area contributed by atoms with Gasteiger partial charge in [-0.25, -0.2) is 0 Å². The Labute approximate surface area is 80.1 Å². The third-order valence-electron chi connectivity index (χ3n) is 1.74. The number of rotatable bonds is 3. The molecule has 1 rings (SSSR count). The summed E-state index contributed by atoms with van der Waals surface area (Å²) < 4.78 is 13.0. The lowest BCUT2D eigenvalue weighted by atomic mass is 10.1. The van der Waals surface area contributed by atoms with Gasteiger partial charge >= 0.3 is 5.69 Å². The summed E-state index contributed by atoms with van der Waals surface area (Å²) in [5.41, 5.74) is 0.00226. The number of aliphatic hydroxyl groups excluding tert-OH is 1. The number of nitrogens with zero attached hydrogens (tertiary/aromatic N) is 1. The van der Waals surface area contributed by atoms with Crippen molar-refractivity contribution in [2.24, 2.45) is 0 Å². The summed E-state index contributed by atoms with van der Waals surface area (Å²) in [6, 6.07) is 3.62. The third kappa shape index (κ3) is 2.50. The molecule has 0 saturated carbocycles. The number of nitro groups is 1. The Hall–Kier alpha value is -1.49. The fraction of sp³-hybridized carbons (Fsp3) is 0.333. The molecule has 0 aliphatic carbocycles. The molecule has 1 aromatic rings. The van der Waals surface area contributed by atoms with Crippen molar-refractivity contribution in [1.29, 1.82) is 0 Å². The minimum Gasteiger partial charge on any atom is -0.393 e. The largest absolute Gasteiger partial charge is 0.393 e. The summed E-state index contributed by atoms with van der Waals surface area (Å²) in [7, 11) is 0. The van der Waals surface area contributed by atoms with Crippen LogP contribution in [0.15, 0.2) is 18.2 Å². The zero-order chi connectivity index (χ0) is 10.7. The first-order valence-electron chi connectivity index (χ1n) is 4.11. The minimum absolute atomic E-state index is 0.287. The molecular formula is C9H10FNO3. The highest BCUT2D eigenvalue weighted by Crippen LogP contribution is 2.18. The number of hydrogen-bond acceptors (Lipinski definition) is 3. The second kappa shape index (κ2) is 4.15. The van der Waals surface area contributed by atoms with Crippen molar-refractivity contribution in [3.05, 3.63) is 39.7 Å². The standard InChI is InChI=1S/C9H10FNO3/c1-6(12)4-7-2-3-9(11(13)14)8(10)5-7/h2-3,5-6,12H,4H2,1H3/t6-/m1/s1. The lowest BCUT2D eigenvalue weighted by molar-refractivity contribution is -0.387. The van der Waals surface area contributed by atoms with Crippen molar-refractivity contribution in [3.63, 3.8) is 0 Å². The highest BCUT2D eigenvalue weighted by atomic mass is 19.1. The maximum absolute atomic E-state index is 13.0. The van der Waals surface area contributed by atoms with Crippen LogP contribution in [0.25, 0.3) is 0 Å². The molecule has 0 aromatic heterocycles. The molecule has 76 valence electrons. The molecule has 0 bridgehead atoms. The van der Waals surface area contributed by atoms with Crippen molar-refractivity contribution in [2.45, 2.75) is 19.4 Å². The highest BCUT2D eigenvalue weighted by molar-refractivity contribution is 5.35. The maximum atomic E-state index is 13.0. The van der Waals surface area contributed by atoms with E-state index in [1.165, 1.54) is 6.07 Å². The molecule has 0 radical (unpaired) electrons. The molecule has 0 aliphatic heterocycles. The van der Waals surface area contributed by atoms with Gasteiger partial charge in [0.15, 0.2) is 0 Å². The van der Waals surface area contributed by atoms with Crippen LogP contribution in [0, 0.1) is 15.9 Å². The van der Waals surface area contributed by atoms with Crippen LogP contribution in [0.1, 0.15) is 12.5 Å². The lowest BCUT2D eigenvalue weighted by Crippen LogP contribution is -2.04. The first-order valence-corrected chi connectivity index (χ1v) is 4.11. The van der Waals surface area contributed by atoms with Gasteiger partial charge in [-0.2, -0.15) is 4.39 Å². The number of nitro benzene ring substituents is 1. The predicted molar refractivity (Wildman–Crippen MR) is 48.4 cm³/mol. The minimum atomic E-state index is -0.867. The summed E-state index contributed by atoms with van der Waals surface area (Å²) in [6.07, 6.45) is -0.301. The summed E-state index contributed by atoms with van der Waals surface area (Å²) in [5, 5.41) is 19.3. The van der Waals surface area contributed by atoms with Gasteiger partial charge in [-0.1, -0.05) is 6.07 Å². The third-order valence-corrected chi connectivity index (χ3v) is 1.74. The number of hydrogen-bond donors (Lipinski definition) is 1. The lowest BCUT2D eigenvalue weighted by Gasteiger charge is -2.03. The number of aliphatic hydroxyl groups is 1. The Morgan fingerprint density at radius 3 is 2.71 bits per heavy atom. The summed E-state index contributed by atoms with van der Waals surface area (Å²) in [5.74, 6) is -0.867. The van der Waals surface area contributed by atoms with Crippen LogP contribution in [-0.4, -0.2) is 16.1 Å². The predicted octanol–water partition coefficient (Wildman–Crippen LogP) is 1.66. The molecule has 0 fully saturated rings. The smallest absolute Gasteiger partial charge is 0.304 e. The van der Waals surface area contributed by atoms with E-state index < -0.39 is 22.5 Å². The van der Waals surface area contributed by atoms with Crippen LogP contribution in [0.2, 0.25) is 0 Å². The highest BCUT2D eigenvalue weighted by Gasteiger charge is 2.13. The van der Waals surface area contributed by atoms with Crippen LogP contribution >= 0.6 is 0 Å². The summed E-state index contributed by atoms with van der Waals surface area (Å²) in [6.45, 7) is 1.57. The molecule has 5 heteroatoms. The van der Waals surface area contributed by atoms with Gasteiger partial charge in [0, 0.05) is 6.07 Å². The molecule has 14 heavy (non-hydrogen) atoms. The number of halogens is 1. The molecule has 1 aromatic carbocycles. The summed E-state index contributed by atoms with van der Waals surface area (Å²) in [4.78, 5) is 9.50. The van der Waals surface area contributed by atoms with Crippen molar-refractivity contribution >= 4 is 5.69 Å². The van der Waals surface area contributed by atoms with E-state index in [1.54, 1.807) is 6.92 Å². The molecule has 0 amide bonds. The monoisotopic (exact) mass is 199 g/mol. The van der Waals surface area contributed by atoms with E-state index in [9.17, 15) is 14.5 Å². The zero-order valence-corrected chi connectivity index (χ0v) is 7.61. The van der Waals surface area contributed by atoms with E-state index in [0.29, 0.717) is 5.56 Å². The maximum Gasteiger partial charge on any atom is 0.304 e. The Morgan fingerprint density at radius 2 is 2.29 bits per heavy atom. The fourth-order valence-corrected chi connectivity index (χ4v) is 1.17. The van der Waals surface area contributed by atoms with Crippen molar-refractivity contribution in [2.75, 3.05) is 0 Å². The molecule has 0 heterocycles. The van der Waals surface area contributed by atoms with Gasteiger partial charge < -0.3 is 5.11 Å². The molecule has 1 N–H and O–H groups in total. The molecule has 0 unspecified atom stereocenters. The van der Waals surface area contributed by atoms with Crippen LogP contribution < -0.4 is 0 Å². The van der Waals surface area contributed by atoms with E-state index in [-0.39, 0.29) is 6.42 Å². The van der Waals surface area contributed by atoms with Gasteiger partial charge in [0.1, 0.15) is 0 Å². The molecule has 0 saturated heterocycles. The van der Waals surface area contributed by atoms with Crippen LogP contribution in [-0.2, 0) is 6.42 Å². The van der Waals surface area contributed by atoms with E-state index >= 15 is 0 Å². The topological polar surface area (TPSA) is 63.4 Å². The molecular weight excluding hydrogens is 189 g/mol. The van der Waals surface area contributed by atoms with Gasteiger partial charge in [0.05, 0.1) is 11.0 Å². The van der Waals surface area contributed by atoms with Crippen molar-refractivity contribution in [3.8, 4) is 0 Å². The summed E-state index contributed by atoms with van der Waals surface area (Å²) >= 11 is 0. The SMILES string of the molecule is C[C@@H](O)Cc1ccc([N+](=O)[O-])c(F)c1. The van der Waals surface area contributed by atoms with Crippen LogP contribution in [0.3, 0.4) is 0 Å². The van der Waals surface area contributed by atoms with E-state index in [0.717, 1.165) is 12.1 Å². The van der Waals surface area contributed by atoms with E-state index in [1.807, 2.05) is 0 Å². The number of benzene rings is 1. The van der Waals surface area contributed by atoms with Gasteiger partial charge in [-0.05, 0) is 25.0 Å². The first kappa shape index (κ1) is 10.6. The Bertz CT molecular complexity index is 352. The van der Waals surface area contributed by atoms with E-state index in [4.69, 9.17) is 5.11 Å². The average molecular weight is 199 g/mol. The van der Waals surface area contributed by atoms with Gasteiger partial charge in [0.25, 0.3) is 0 Å². The van der Waals surface area contributed by atoms with Gasteiger partial charge in [-0.15, -0.1) is 0 Å². The quantitative estimate of drug-likeness (QED) is 0.594. The van der Waals surface area contributed by atoms with Crippen LogP contribution in [0.5, 0.6) is 0 Å². The Balaban J connectivity index is 2.94. The zero-order valence-electron chi connectivity index (χ0n) is 7.61. The normalized spacial score (nSPS) is 12.5. The second-order valence-corrected chi connectivity index (χ2v) is 3.10. The molecule has 0 aliphatic rings. The van der Waals surface area contributed by atoms with Gasteiger partial charge in [0.2, 0.25) is 5.82 Å². The molecule has 0 spiro atoms. The Morgan fingerprint density at radius 1 is 1.64 bits per heavy atom. The molecule has 1 atom stereocenters. The average Bonchev–Trinajstić information content (AvgIpc) is 2.01. The fourth-order valence-electron chi connectivity index (χ4n) is 1.17. The second-order valence-electron chi connectivity index (χ2n) is 3.10. The van der Waals surface area contributed by atoms with Gasteiger partial charge in [-0.3, -0.25) is 10.1 Å². The van der Waals surface area contributed by atoms with Crippen molar-refractivity contribution in [1.82, 2.24) is 0 Å². The molecule has 4 nitrogen and oxygen atoms in total. The van der Waals surface area contributed by atoms with Crippen molar-refractivity contribution < 1.29 is 14.4 Å².